The van der Waals surface area contributed by atoms with Crippen LogP contribution in [-0.2, 0) is 20.0 Å². The Bertz CT molecular complexity index is 1390. The largest absolute Gasteiger partial charge is 0.322 e. The van der Waals surface area contributed by atoms with Crippen molar-refractivity contribution in [2.45, 2.75) is 25.7 Å². The summed E-state index contributed by atoms with van der Waals surface area (Å²) >= 11 is 0. The molecule has 0 unspecified atom stereocenters. The van der Waals surface area contributed by atoms with E-state index in [1.165, 1.54) is 30.3 Å². The van der Waals surface area contributed by atoms with Crippen LogP contribution in [0, 0.1) is 20.8 Å². The highest BCUT2D eigenvalue weighted by Gasteiger charge is 2.17. The van der Waals surface area contributed by atoms with Gasteiger partial charge in [-0.25, -0.2) is 16.8 Å². The minimum absolute atomic E-state index is 0.0538. The van der Waals surface area contributed by atoms with Crippen LogP contribution in [-0.4, -0.2) is 29.0 Å². The van der Waals surface area contributed by atoms with Crippen LogP contribution in [0.1, 0.15) is 27.0 Å². The molecule has 0 bridgehead atoms. The quantitative estimate of drug-likeness (QED) is 0.464. The van der Waals surface area contributed by atoms with Gasteiger partial charge in [-0.05, 0) is 73.9 Å². The zero-order valence-corrected chi connectivity index (χ0v) is 20.3. The second-order valence-electron chi connectivity index (χ2n) is 7.75. The van der Waals surface area contributed by atoms with Gasteiger partial charge in [-0.15, -0.1) is 0 Å². The first kappa shape index (κ1) is 24.3. The Labute approximate surface area is 194 Å². The van der Waals surface area contributed by atoms with Crippen molar-refractivity contribution >= 4 is 43.0 Å². The van der Waals surface area contributed by atoms with E-state index in [4.69, 9.17) is 0 Å². The SMILES string of the molecule is Cc1ccc(C(=O)Nc2ccc(S(=O)(=O)Nc3c(C)cccc3C)cc2)cc1NS(C)(=O)=O. The van der Waals surface area contributed by atoms with E-state index in [-0.39, 0.29) is 10.5 Å². The molecule has 3 aromatic rings. The number of benzene rings is 3. The normalized spacial score (nSPS) is 11.6. The van der Waals surface area contributed by atoms with Gasteiger partial charge in [0.2, 0.25) is 10.0 Å². The number of aryl methyl sites for hydroxylation is 3. The summed E-state index contributed by atoms with van der Waals surface area (Å²) in [6.45, 7) is 5.37. The fraction of sp³-hybridized carbons (Fsp3) is 0.174. The van der Waals surface area contributed by atoms with Crippen molar-refractivity contribution in [3.63, 3.8) is 0 Å². The third-order valence-corrected chi connectivity index (χ3v) is 6.89. The molecular weight excluding hydrogens is 462 g/mol. The van der Waals surface area contributed by atoms with Crippen LogP contribution in [0.25, 0.3) is 0 Å². The van der Waals surface area contributed by atoms with Gasteiger partial charge in [0.1, 0.15) is 0 Å². The van der Waals surface area contributed by atoms with Gasteiger partial charge in [-0.2, -0.15) is 0 Å². The number of carbonyl (C=O) groups excluding carboxylic acids is 1. The highest BCUT2D eigenvalue weighted by atomic mass is 32.2. The van der Waals surface area contributed by atoms with Crippen LogP contribution >= 0.6 is 0 Å². The summed E-state index contributed by atoms with van der Waals surface area (Å²) in [7, 11) is -7.30. The van der Waals surface area contributed by atoms with Crippen molar-refractivity contribution in [3.05, 3.63) is 82.9 Å². The molecule has 1 amide bonds. The van der Waals surface area contributed by atoms with Crippen LogP contribution in [0.5, 0.6) is 0 Å². The zero-order chi connectivity index (χ0) is 24.4. The first-order chi connectivity index (χ1) is 15.4. The van der Waals surface area contributed by atoms with Gasteiger partial charge in [-0.3, -0.25) is 14.2 Å². The molecule has 8 nitrogen and oxygen atoms in total. The molecule has 3 N–H and O–H groups in total. The summed E-state index contributed by atoms with van der Waals surface area (Å²) in [6.07, 6.45) is 1.03. The number of hydrogen-bond acceptors (Lipinski definition) is 5. The third-order valence-electron chi connectivity index (χ3n) is 4.94. The zero-order valence-electron chi connectivity index (χ0n) is 18.6. The van der Waals surface area contributed by atoms with E-state index in [2.05, 4.69) is 14.8 Å². The maximum absolute atomic E-state index is 12.8. The van der Waals surface area contributed by atoms with Gasteiger partial charge in [0.25, 0.3) is 15.9 Å². The van der Waals surface area contributed by atoms with E-state index >= 15 is 0 Å². The smallest absolute Gasteiger partial charge is 0.261 e. The van der Waals surface area contributed by atoms with Crippen LogP contribution in [0.4, 0.5) is 17.1 Å². The number of nitrogens with one attached hydrogen (secondary N) is 3. The molecule has 3 aromatic carbocycles. The molecule has 0 saturated carbocycles. The molecule has 0 aliphatic heterocycles. The van der Waals surface area contributed by atoms with Crippen molar-refractivity contribution in [2.24, 2.45) is 0 Å². The van der Waals surface area contributed by atoms with E-state index in [0.717, 1.165) is 17.4 Å². The summed E-state index contributed by atoms with van der Waals surface area (Å²) < 4.78 is 53.6. The lowest BCUT2D eigenvalue weighted by Gasteiger charge is -2.14. The average molecular weight is 488 g/mol. The molecule has 0 radical (unpaired) electrons. The molecule has 0 spiro atoms. The summed E-state index contributed by atoms with van der Waals surface area (Å²) in [4.78, 5) is 12.7. The second-order valence-corrected chi connectivity index (χ2v) is 11.2. The highest BCUT2D eigenvalue weighted by Crippen LogP contribution is 2.24. The van der Waals surface area contributed by atoms with E-state index in [0.29, 0.717) is 22.6 Å². The minimum Gasteiger partial charge on any atom is -0.322 e. The standard InChI is InChI=1S/C23H25N3O5S2/c1-15-8-9-18(14-21(15)25-32(4,28)29)23(27)24-19-10-12-20(13-11-19)33(30,31)26-22-16(2)6-5-7-17(22)3/h5-14,25-26H,1-4H3,(H,24,27). The topological polar surface area (TPSA) is 121 Å². The van der Waals surface area contributed by atoms with E-state index in [9.17, 15) is 21.6 Å². The number of carbonyl (C=O) groups is 1. The van der Waals surface area contributed by atoms with Gasteiger partial charge in [0.05, 0.1) is 22.5 Å². The first-order valence-electron chi connectivity index (χ1n) is 9.94. The van der Waals surface area contributed by atoms with Crippen molar-refractivity contribution in [1.82, 2.24) is 0 Å². The van der Waals surface area contributed by atoms with E-state index < -0.39 is 26.0 Å². The number of rotatable bonds is 7. The number of para-hydroxylation sites is 1. The molecule has 0 aliphatic rings. The molecule has 3 rings (SSSR count). The van der Waals surface area contributed by atoms with E-state index in [1.54, 1.807) is 19.1 Å². The van der Waals surface area contributed by atoms with Crippen LogP contribution in [0.3, 0.4) is 0 Å². The predicted molar refractivity (Wildman–Crippen MR) is 131 cm³/mol. The van der Waals surface area contributed by atoms with Crippen molar-refractivity contribution in [1.29, 1.82) is 0 Å². The Kier molecular flexibility index (Phi) is 6.80. The number of amides is 1. The predicted octanol–water partition coefficient (Wildman–Crippen LogP) is 4.04. The molecule has 0 aromatic heterocycles. The average Bonchev–Trinajstić information content (AvgIpc) is 2.72. The molecule has 174 valence electrons. The molecule has 33 heavy (non-hydrogen) atoms. The number of sulfonamides is 2. The Morgan fingerprint density at radius 2 is 1.36 bits per heavy atom. The molecule has 0 heterocycles. The summed E-state index contributed by atoms with van der Waals surface area (Å²) in [5.41, 5.74) is 3.78. The lowest BCUT2D eigenvalue weighted by atomic mass is 10.1. The van der Waals surface area contributed by atoms with Crippen molar-refractivity contribution < 1.29 is 21.6 Å². The fourth-order valence-corrected chi connectivity index (χ4v) is 4.98. The number of hydrogen-bond donors (Lipinski definition) is 3. The highest BCUT2D eigenvalue weighted by molar-refractivity contribution is 7.92. The Morgan fingerprint density at radius 1 is 0.758 bits per heavy atom. The monoisotopic (exact) mass is 487 g/mol. The van der Waals surface area contributed by atoms with E-state index in [1.807, 2.05) is 32.0 Å². The van der Waals surface area contributed by atoms with Crippen molar-refractivity contribution in [2.75, 3.05) is 21.0 Å². The van der Waals surface area contributed by atoms with Crippen LogP contribution in [0.2, 0.25) is 0 Å². The summed E-state index contributed by atoms with van der Waals surface area (Å²) in [5.74, 6) is -0.462. The van der Waals surface area contributed by atoms with Crippen LogP contribution in [0.15, 0.2) is 65.6 Å². The lowest BCUT2D eigenvalue weighted by Crippen LogP contribution is -2.16. The Morgan fingerprint density at radius 3 is 1.94 bits per heavy atom. The molecule has 0 aliphatic carbocycles. The molecule has 0 saturated heterocycles. The van der Waals surface area contributed by atoms with Gasteiger partial charge < -0.3 is 5.32 Å². The summed E-state index contributed by atoms with van der Waals surface area (Å²) in [5, 5.41) is 2.68. The first-order valence-corrected chi connectivity index (χ1v) is 13.3. The maximum atomic E-state index is 12.8. The Balaban J connectivity index is 1.77. The van der Waals surface area contributed by atoms with Gasteiger partial charge in [0.15, 0.2) is 0 Å². The molecule has 10 heteroatoms. The van der Waals surface area contributed by atoms with Crippen molar-refractivity contribution in [3.8, 4) is 0 Å². The molecule has 0 atom stereocenters. The van der Waals surface area contributed by atoms with Gasteiger partial charge >= 0.3 is 0 Å². The minimum atomic E-state index is -3.81. The number of anilines is 3. The fourth-order valence-electron chi connectivity index (χ4n) is 3.16. The second kappa shape index (κ2) is 9.24. The maximum Gasteiger partial charge on any atom is 0.261 e. The van der Waals surface area contributed by atoms with Crippen LogP contribution < -0.4 is 14.8 Å². The Hall–Kier alpha value is -3.37. The third kappa shape index (κ3) is 6.11. The van der Waals surface area contributed by atoms with Gasteiger partial charge in [0, 0.05) is 11.3 Å². The summed E-state index contributed by atoms with van der Waals surface area (Å²) in [6, 6.07) is 15.9. The van der Waals surface area contributed by atoms with Gasteiger partial charge in [-0.1, -0.05) is 24.3 Å². The molecule has 0 fully saturated rings. The lowest BCUT2D eigenvalue weighted by molar-refractivity contribution is 0.102. The molecular formula is C23H25N3O5S2.